The van der Waals surface area contributed by atoms with Crippen molar-refractivity contribution in [1.29, 1.82) is 0 Å². The van der Waals surface area contributed by atoms with Gasteiger partial charge in [-0.15, -0.1) is 0 Å². The van der Waals surface area contributed by atoms with Crippen LogP contribution >= 0.6 is 0 Å². The Morgan fingerprint density at radius 2 is 2.04 bits per heavy atom. The second-order valence-electron chi connectivity index (χ2n) is 7.66. The Kier molecular flexibility index (Phi) is 3.86. The maximum absolute atomic E-state index is 12.7. The molecule has 0 aliphatic heterocycles. The van der Waals surface area contributed by atoms with Gasteiger partial charge >= 0.3 is 0 Å². The molecule has 0 amide bonds. The third-order valence-corrected chi connectivity index (χ3v) is 7.54. The van der Waals surface area contributed by atoms with Crippen LogP contribution in [0.5, 0.6) is 0 Å². The molecule has 0 spiro atoms. The summed E-state index contributed by atoms with van der Waals surface area (Å²) in [5.74, 6) is 0.0420. The van der Waals surface area contributed by atoms with Crippen molar-refractivity contribution < 1.29 is 18.0 Å². The number of rotatable bonds is 5. The van der Waals surface area contributed by atoms with Crippen LogP contribution in [0.25, 0.3) is 0 Å². The lowest BCUT2D eigenvalue weighted by molar-refractivity contribution is -0.128. The van der Waals surface area contributed by atoms with Gasteiger partial charge in [0.05, 0.1) is 11.2 Å². The number of benzene rings is 1. The Labute approximate surface area is 142 Å². The number of Topliss-reactive ketones (excluding diaryl/α,β-unsaturated/α-hetero) is 2. The van der Waals surface area contributed by atoms with Gasteiger partial charge in [-0.2, -0.15) is 0 Å². The molecule has 1 N–H and O–H groups in total. The molecule has 2 aliphatic rings. The van der Waals surface area contributed by atoms with E-state index in [1.165, 1.54) is 13.0 Å². The lowest BCUT2D eigenvalue weighted by Crippen LogP contribution is -2.43. The van der Waals surface area contributed by atoms with E-state index >= 15 is 0 Å². The van der Waals surface area contributed by atoms with Crippen LogP contribution in [0, 0.1) is 16.7 Å². The molecule has 2 unspecified atom stereocenters. The highest BCUT2D eigenvalue weighted by atomic mass is 32.2. The molecule has 5 nitrogen and oxygen atoms in total. The van der Waals surface area contributed by atoms with Crippen molar-refractivity contribution in [2.24, 2.45) is 16.7 Å². The summed E-state index contributed by atoms with van der Waals surface area (Å²) >= 11 is 0. The molecule has 0 aromatic heterocycles. The topological polar surface area (TPSA) is 80.3 Å². The molecule has 0 saturated heterocycles. The van der Waals surface area contributed by atoms with E-state index in [-0.39, 0.29) is 28.7 Å². The summed E-state index contributed by atoms with van der Waals surface area (Å²) in [4.78, 5) is 24.0. The quantitative estimate of drug-likeness (QED) is 0.829. The Morgan fingerprint density at radius 1 is 1.33 bits per heavy atom. The van der Waals surface area contributed by atoms with E-state index in [2.05, 4.69) is 4.72 Å². The summed E-state index contributed by atoms with van der Waals surface area (Å²) in [6.07, 6.45) is 2.04. The molecule has 130 valence electrons. The van der Waals surface area contributed by atoms with Crippen molar-refractivity contribution in [2.75, 3.05) is 10.5 Å². The molecule has 3 rings (SSSR count). The van der Waals surface area contributed by atoms with E-state index in [0.29, 0.717) is 24.1 Å². The van der Waals surface area contributed by atoms with Crippen molar-refractivity contribution in [3.8, 4) is 0 Å². The van der Waals surface area contributed by atoms with Crippen molar-refractivity contribution in [3.63, 3.8) is 0 Å². The minimum atomic E-state index is -3.69. The van der Waals surface area contributed by atoms with Gasteiger partial charge in [-0.1, -0.05) is 26.0 Å². The second kappa shape index (κ2) is 5.41. The molecule has 0 heterocycles. The molecule has 2 saturated carbocycles. The van der Waals surface area contributed by atoms with E-state index in [1.807, 2.05) is 13.8 Å². The average Bonchev–Trinajstić information content (AvgIpc) is 2.80. The van der Waals surface area contributed by atoms with Gasteiger partial charge in [0.15, 0.2) is 5.78 Å². The number of anilines is 1. The Hall–Kier alpha value is -1.69. The summed E-state index contributed by atoms with van der Waals surface area (Å²) in [6.45, 7) is 5.47. The Bertz CT molecular complexity index is 812. The highest BCUT2D eigenvalue weighted by Gasteiger charge is 2.65. The maximum Gasteiger partial charge on any atom is 0.233 e. The minimum absolute atomic E-state index is 0.0756. The number of nitrogens with one attached hydrogen (secondary N) is 1. The SMILES string of the molecule is CC(=O)c1cccc(NS(=O)(=O)CC23CCC(CC2=O)C3(C)C)c1. The van der Waals surface area contributed by atoms with E-state index < -0.39 is 15.4 Å². The summed E-state index contributed by atoms with van der Waals surface area (Å²) in [7, 11) is -3.69. The highest BCUT2D eigenvalue weighted by Crippen LogP contribution is 2.64. The van der Waals surface area contributed by atoms with Crippen LogP contribution in [0.3, 0.4) is 0 Å². The highest BCUT2D eigenvalue weighted by molar-refractivity contribution is 7.92. The number of ketones is 2. The zero-order valence-corrected chi connectivity index (χ0v) is 15.1. The van der Waals surface area contributed by atoms with Gasteiger partial charge in [0.2, 0.25) is 10.0 Å². The first-order valence-electron chi connectivity index (χ1n) is 8.22. The lowest BCUT2D eigenvalue weighted by atomic mass is 9.70. The van der Waals surface area contributed by atoms with Crippen LogP contribution in [0.2, 0.25) is 0 Å². The summed E-state index contributed by atoms with van der Waals surface area (Å²) < 4.78 is 28.0. The van der Waals surface area contributed by atoms with Crippen molar-refractivity contribution >= 4 is 27.3 Å². The average molecular weight is 349 g/mol. The zero-order chi connectivity index (χ0) is 17.8. The number of sulfonamides is 1. The van der Waals surface area contributed by atoms with E-state index in [0.717, 1.165) is 6.42 Å². The Balaban J connectivity index is 1.86. The molecule has 2 atom stereocenters. The van der Waals surface area contributed by atoms with Crippen molar-refractivity contribution in [2.45, 2.75) is 40.0 Å². The van der Waals surface area contributed by atoms with Crippen LogP contribution in [-0.4, -0.2) is 25.7 Å². The lowest BCUT2D eigenvalue weighted by Gasteiger charge is -2.36. The van der Waals surface area contributed by atoms with Crippen molar-refractivity contribution in [3.05, 3.63) is 29.8 Å². The number of carbonyl (C=O) groups excluding carboxylic acids is 2. The molecule has 24 heavy (non-hydrogen) atoms. The van der Waals surface area contributed by atoms with Gasteiger partial charge in [0.25, 0.3) is 0 Å². The molecule has 0 radical (unpaired) electrons. The van der Waals surface area contributed by atoms with E-state index in [1.54, 1.807) is 18.2 Å². The summed E-state index contributed by atoms with van der Waals surface area (Å²) in [5, 5.41) is 0. The molecule has 2 fully saturated rings. The fourth-order valence-corrected chi connectivity index (χ4v) is 6.33. The number of carbonyl (C=O) groups is 2. The molecular weight excluding hydrogens is 326 g/mol. The number of fused-ring (bicyclic) bond motifs is 2. The van der Waals surface area contributed by atoms with Gasteiger partial charge in [0.1, 0.15) is 5.78 Å². The van der Waals surface area contributed by atoms with Gasteiger partial charge in [-0.25, -0.2) is 8.42 Å². The fraction of sp³-hybridized carbons (Fsp3) is 0.556. The van der Waals surface area contributed by atoms with Gasteiger partial charge in [-0.3, -0.25) is 14.3 Å². The molecule has 1 aromatic rings. The zero-order valence-electron chi connectivity index (χ0n) is 14.3. The van der Waals surface area contributed by atoms with E-state index in [9.17, 15) is 18.0 Å². The molecule has 6 heteroatoms. The number of hydrogen-bond acceptors (Lipinski definition) is 4. The maximum atomic E-state index is 12.7. The second-order valence-corrected chi connectivity index (χ2v) is 9.39. The van der Waals surface area contributed by atoms with Crippen molar-refractivity contribution in [1.82, 2.24) is 0 Å². The van der Waals surface area contributed by atoms with E-state index in [4.69, 9.17) is 0 Å². The smallest absolute Gasteiger partial charge is 0.233 e. The first-order chi connectivity index (χ1) is 11.1. The predicted octanol–water partition coefficient (Wildman–Crippen LogP) is 3.03. The summed E-state index contributed by atoms with van der Waals surface area (Å²) in [5.41, 5.74) is -0.273. The van der Waals surface area contributed by atoms with Crippen LogP contribution in [0.1, 0.15) is 50.4 Å². The number of hydrogen-bond donors (Lipinski definition) is 1. The molecule has 1 aromatic carbocycles. The molecular formula is C18H23NO4S. The van der Waals surface area contributed by atoms with Crippen LogP contribution < -0.4 is 4.72 Å². The molecule has 2 bridgehead atoms. The molecule has 2 aliphatic carbocycles. The third-order valence-electron chi connectivity index (χ3n) is 6.12. The van der Waals surface area contributed by atoms with Gasteiger partial charge in [0, 0.05) is 17.7 Å². The first-order valence-corrected chi connectivity index (χ1v) is 9.87. The van der Waals surface area contributed by atoms with Crippen LogP contribution in [0.4, 0.5) is 5.69 Å². The normalized spacial score (nSPS) is 28.1. The third kappa shape index (κ3) is 2.57. The van der Waals surface area contributed by atoms with Gasteiger partial charge in [-0.05, 0) is 43.2 Å². The monoisotopic (exact) mass is 349 g/mol. The standard InChI is InChI=1S/C18H23NO4S/c1-12(20)13-5-4-6-15(9-13)19-24(22,23)11-18-8-7-14(10-16(18)21)17(18,2)3/h4-6,9,14,19H,7-8,10-11H2,1-3H3. The van der Waals surface area contributed by atoms with Crippen LogP contribution in [-0.2, 0) is 14.8 Å². The Morgan fingerprint density at radius 3 is 2.58 bits per heavy atom. The van der Waals surface area contributed by atoms with Crippen LogP contribution in [0.15, 0.2) is 24.3 Å². The fourth-order valence-electron chi connectivity index (χ4n) is 4.45. The summed E-state index contributed by atoms with van der Waals surface area (Å²) in [6, 6.07) is 6.42. The predicted molar refractivity (Wildman–Crippen MR) is 92.4 cm³/mol. The van der Waals surface area contributed by atoms with Gasteiger partial charge < -0.3 is 0 Å². The first kappa shape index (κ1) is 17.1. The largest absolute Gasteiger partial charge is 0.299 e. The minimum Gasteiger partial charge on any atom is -0.299 e.